The number of carbonyl (C=O) groups is 2. The number of carboxylic acids is 1. The van der Waals surface area contributed by atoms with Crippen molar-refractivity contribution in [3.63, 3.8) is 0 Å². The number of rotatable bonds is 3. The van der Waals surface area contributed by atoms with Gasteiger partial charge in [0.15, 0.2) is 0 Å². The molecular weight excluding hydrogens is 234 g/mol. The smallest absolute Gasteiger partial charge is 0.335 e. The van der Waals surface area contributed by atoms with Crippen molar-refractivity contribution in [2.75, 3.05) is 5.32 Å². The third-order valence-electron chi connectivity index (χ3n) is 2.44. The number of aromatic carboxylic acids is 1. The summed E-state index contributed by atoms with van der Waals surface area (Å²) < 4.78 is 1.60. The zero-order valence-electron chi connectivity index (χ0n) is 9.62. The number of hydrogen-bond donors (Lipinski definition) is 2. The van der Waals surface area contributed by atoms with Crippen LogP contribution in [0.1, 0.15) is 20.8 Å². The average molecular weight is 245 g/mol. The van der Waals surface area contributed by atoms with Crippen LogP contribution in [0.2, 0.25) is 0 Å². The first-order valence-electron chi connectivity index (χ1n) is 5.19. The highest BCUT2D eigenvalue weighted by molar-refractivity contribution is 6.03. The molecular formula is C12H11N3O3. The van der Waals surface area contributed by atoms with E-state index in [2.05, 4.69) is 10.3 Å². The Morgan fingerprint density at radius 1 is 1.28 bits per heavy atom. The molecule has 18 heavy (non-hydrogen) atoms. The molecule has 1 heterocycles. The first-order valence-corrected chi connectivity index (χ1v) is 5.19. The van der Waals surface area contributed by atoms with Crippen molar-refractivity contribution in [1.29, 1.82) is 0 Å². The molecule has 92 valence electrons. The average Bonchev–Trinajstić information content (AvgIpc) is 2.76. The van der Waals surface area contributed by atoms with Crippen LogP contribution in [0.15, 0.2) is 36.8 Å². The topological polar surface area (TPSA) is 84.2 Å². The van der Waals surface area contributed by atoms with Gasteiger partial charge in [-0.25, -0.2) is 9.78 Å². The number of aryl methyl sites for hydroxylation is 1. The molecule has 0 radical (unpaired) electrons. The van der Waals surface area contributed by atoms with Crippen LogP contribution < -0.4 is 5.32 Å². The highest BCUT2D eigenvalue weighted by Gasteiger charge is 2.10. The van der Waals surface area contributed by atoms with Crippen LogP contribution in [-0.4, -0.2) is 26.5 Å². The number of nitrogens with zero attached hydrogens (tertiary/aromatic N) is 2. The van der Waals surface area contributed by atoms with Crippen LogP contribution >= 0.6 is 0 Å². The van der Waals surface area contributed by atoms with Crippen LogP contribution in [-0.2, 0) is 7.05 Å². The standard InChI is InChI=1S/C12H11N3O3/c1-15-7-13-6-10(15)11(16)14-9-4-2-8(3-5-9)12(17)18/h2-7H,1H3,(H,14,16)(H,17,18). The van der Waals surface area contributed by atoms with Crippen molar-refractivity contribution < 1.29 is 14.7 Å². The molecule has 1 amide bonds. The maximum Gasteiger partial charge on any atom is 0.335 e. The molecule has 0 bridgehead atoms. The van der Waals surface area contributed by atoms with Gasteiger partial charge in [-0.05, 0) is 24.3 Å². The Morgan fingerprint density at radius 3 is 2.44 bits per heavy atom. The van der Waals surface area contributed by atoms with Crippen molar-refractivity contribution in [1.82, 2.24) is 9.55 Å². The highest BCUT2D eigenvalue weighted by Crippen LogP contribution is 2.11. The number of amides is 1. The Kier molecular flexibility index (Phi) is 3.09. The summed E-state index contributed by atoms with van der Waals surface area (Å²) in [6.45, 7) is 0. The molecule has 0 aliphatic carbocycles. The predicted molar refractivity (Wildman–Crippen MR) is 64.6 cm³/mol. The Morgan fingerprint density at radius 2 is 1.94 bits per heavy atom. The number of nitrogens with one attached hydrogen (secondary N) is 1. The van der Waals surface area contributed by atoms with Crippen LogP contribution in [0.5, 0.6) is 0 Å². The lowest BCUT2D eigenvalue weighted by molar-refractivity contribution is 0.0696. The maximum atomic E-state index is 11.8. The van der Waals surface area contributed by atoms with E-state index in [4.69, 9.17) is 5.11 Å². The van der Waals surface area contributed by atoms with E-state index >= 15 is 0 Å². The first kappa shape index (κ1) is 11.8. The lowest BCUT2D eigenvalue weighted by Gasteiger charge is -2.05. The summed E-state index contributed by atoms with van der Waals surface area (Å²) in [4.78, 5) is 26.3. The second-order valence-electron chi connectivity index (χ2n) is 3.73. The molecule has 0 saturated carbocycles. The molecule has 2 aromatic rings. The van der Waals surface area contributed by atoms with E-state index in [1.807, 2.05) is 0 Å². The molecule has 0 aliphatic heterocycles. The van der Waals surface area contributed by atoms with Crippen molar-refractivity contribution in [2.24, 2.45) is 7.05 Å². The summed E-state index contributed by atoms with van der Waals surface area (Å²) in [5, 5.41) is 11.4. The van der Waals surface area contributed by atoms with Crippen LogP contribution in [0, 0.1) is 0 Å². The minimum absolute atomic E-state index is 0.175. The van der Waals surface area contributed by atoms with Gasteiger partial charge in [-0.3, -0.25) is 4.79 Å². The quantitative estimate of drug-likeness (QED) is 0.855. The van der Waals surface area contributed by atoms with E-state index in [1.54, 1.807) is 11.6 Å². The summed E-state index contributed by atoms with van der Waals surface area (Å²) >= 11 is 0. The van der Waals surface area contributed by atoms with E-state index in [0.717, 1.165) is 0 Å². The second-order valence-corrected chi connectivity index (χ2v) is 3.73. The fourth-order valence-corrected chi connectivity index (χ4v) is 1.47. The zero-order chi connectivity index (χ0) is 13.1. The molecule has 6 heteroatoms. The summed E-state index contributed by atoms with van der Waals surface area (Å²) in [5.41, 5.74) is 1.14. The maximum absolute atomic E-state index is 11.8. The monoisotopic (exact) mass is 245 g/mol. The van der Waals surface area contributed by atoms with Gasteiger partial charge >= 0.3 is 5.97 Å². The van der Waals surface area contributed by atoms with E-state index in [-0.39, 0.29) is 11.5 Å². The number of hydrogen-bond acceptors (Lipinski definition) is 3. The molecule has 0 saturated heterocycles. The number of carbonyl (C=O) groups excluding carboxylic acids is 1. The molecule has 0 spiro atoms. The van der Waals surface area contributed by atoms with E-state index in [0.29, 0.717) is 11.4 Å². The Bertz CT molecular complexity index is 587. The lowest BCUT2D eigenvalue weighted by Crippen LogP contribution is -2.15. The van der Waals surface area contributed by atoms with Crippen LogP contribution in [0.3, 0.4) is 0 Å². The Hall–Kier alpha value is -2.63. The van der Waals surface area contributed by atoms with Gasteiger partial charge in [0.05, 0.1) is 18.1 Å². The van der Waals surface area contributed by atoms with Gasteiger partial charge in [0.1, 0.15) is 5.69 Å². The Balaban J connectivity index is 2.13. The summed E-state index contributed by atoms with van der Waals surface area (Å²) in [7, 11) is 1.72. The third kappa shape index (κ3) is 2.37. The molecule has 0 unspecified atom stereocenters. The van der Waals surface area contributed by atoms with Gasteiger partial charge in [0, 0.05) is 12.7 Å². The molecule has 6 nitrogen and oxygen atoms in total. The largest absolute Gasteiger partial charge is 0.478 e. The van der Waals surface area contributed by atoms with Gasteiger partial charge in [-0.15, -0.1) is 0 Å². The molecule has 0 fully saturated rings. The van der Waals surface area contributed by atoms with Gasteiger partial charge in [-0.2, -0.15) is 0 Å². The minimum atomic E-state index is -1.00. The molecule has 1 aromatic heterocycles. The van der Waals surface area contributed by atoms with Crippen LogP contribution in [0.4, 0.5) is 5.69 Å². The number of imidazole rings is 1. The minimum Gasteiger partial charge on any atom is -0.478 e. The van der Waals surface area contributed by atoms with Crippen molar-refractivity contribution >= 4 is 17.6 Å². The van der Waals surface area contributed by atoms with E-state index in [1.165, 1.54) is 36.8 Å². The van der Waals surface area contributed by atoms with Crippen LogP contribution in [0.25, 0.3) is 0 Å². The van der Waals surface area contributed by atoms with Gasteiger partial charge in [-0.1, -0.05) is 0 Å². The number of aromatic nitrogens is 2. The third-order valence-corrected chi connectivity index (χ3v) is 2.44. The summed E-state index contributed by atoms with van der Waals surface area (Å²) in [6.07, 6.45) is 2.99. The Labute approximate surface area is 103 Å². The fourth-order valence-electron chi connectivity index (χ4n) is 1.47. The zero-order valence-corrected chi connectivity index (χ0v) is 9.62. The lowest BCUT2D eigenvalue weighted by atomic mass is 10.2. The van der Waals surface area contributed by atoms with Crippen molar-refractivity contribution in [3.8, 4) is 0 Å². The molecule has 1 aromatic carbocycles. The summed E-state index contributed by atoms with van der Waals surface area (Å²) in [5.74, 6) is -1.29. The fraction of sp³-hybridized carbons (Fsp3) is 0.0833. The van der Waals surface area contributed by atoms with Gasteiger partial charge in [0.2, 0.25) is 0 Å². The van der Waals surface area contributed by atoms with E-state index < -0.39 is 5.97 Å². The first-order chi connectivity index (χ1) is 8.58. The molecule has 0 aliphatic rings. The molecule has 2 rings (SSSR count). The summed E-state index contributed by atoms with van der Waals surface area (Å²) in [6, 6.07) is 5.94. The van der Waals surface area contributed by atoms with E-state index in [9.17, 15) is 9.59 Å². The normalized spacial score (nSPS) is 10.1. The number of carboxylic acid groups (broad SMARTS) is 1. The van der Waals surface area contributed by atoms with Gasteiger partial charge < -0.3 is 15.0 Å². The predicted octanol–water partition coefficient (Wildman–Crippen LogP) is 1.37. The molecule has 2 N–H and O–H groups in total. The number of benzene rings is 1. The number of anilines is 1. The highest BCUT2D eigenvalue weighted by atomic mass is 16.4. The second kappa shape index (κ2) is 4.70. The SMILES string of the molecule is Cn1cncc1C(=O)Nc1ccc(C(=O)O)cc1. The van der Waals surface area contributed by atoms with Gasteiger partial charge in [0.25, 0.3) is 5.91 Å². The van der Waals surface area contributed by atoms with Crippen molar-refractivity contribution in [2.45, 2.75) is 0 Å². The molecule has 0 atom stereocenters. The van der Waals surface area contributed by atoms with Crippen molar-refractivity contribution in [3.05, 3.63) is 48.0 Å².